The molecule has 5 N–H and O–H groups in total. The van der Waals surface area contributed by atoms with Gasteiger partial charge >= 0.3 is 0 Å². The third-order valence-corrected chi connectivity index (χ3v) is 4.07. The SMILES string of the molecule is NC(=O)c1cc(N)ccc1Nc1nc2ccc(Cl)cc2s1. The summed E-state index contributed by atoms with van der Waals surface area (Å²) in [5, 5.41) is 4.41. The standard InChI is InChI=1S/C14H11ClN4OS/c15-7-1-3-11-12(5-7)21-14(19-11)18-10-4-2-8(16)6-9(10)13(17)20/h1-6H,16H2,(H2,17,20)(H,18,19). The number of thiazole rings is 1. The number of nitrogen functional groups attached to an aromatic ring is 1. The van der Waals surface area contributed by atoms with Gasteiger partial charge in [0.15, 0.2) is 5.13 Å². The highest BCUT2D eigenvalue weighted by Gasteiger charge is 2.11. The second kappa shape index (κ2) is 5.23. The Hall–Kier alpha value is -2.31. The van der Waals surface area contributed by atoms with Crippen LogP contribution in [0.1, 0.15) is 10.4 Å². The van der Waals surface area contributed by atoms with Crippen LogP contribution in [0.5, 0.6) is 0 Å². The molecule has 0 saturated carbocycles. The van der Waals surface area contributed by atoms with E-state index in [2.05, 4.69) is 10.3 Å². The number of fused-ring (bicyclic) bond motifs is 1. The Morgan fingerprint density at radius 3 is 2.81 bits per heavy atom. The molecule has 0 saturated heterocycles. The van der Waals surface area contributed by atoms with E-state index in [4.69, 9.17) is 23.1 Å². The topological polar surface area (TPSA) is 94.0 Å². The predicted octanol–water partition coefficient (Wildman–Crippen LogP) is 3.37. The normalized spacial score (nSPS) is 10.7. The summed E-state index contributed by atoms with van der Waals surface area (Å²) in [6.45, 7) is 0. The molecule has 0 fully saturated rings. The lowest BCUT2D eigenvalue weighted by Crippen LogP contribution is -2.13. The molecule has 0 spiro atoms. The maximum Gasteiger partial charge on any atom is 0.250 e. The number of halogens is 1. The summed E-state index contributed by atoms with van der Waals surface area (Å²) >= 11 is 7.40. The first-order valence-corrected chi connectivity index (χ1v) is 7.25. The smallest absolute Gasteiger partial charge is 0.250 e. The molecule has 106 valence electrons. The average molecular weight is 319 g/mol. The first-order valence-electron chi connectivity index (χ1n) is 6.05. The number of benzene rings is 2. The molecule has 0 aliphatic rings. The molecular formula is C14H11ClN4OS. The van der Waals surface area contributed by atoms with Crippen molar-refractivity contribution in [1.29, 1.82) is 0 Å². The number of carbonyl (C=O) groups excluding carboxylic acids is 1. The summed E-state index contributed by atoms with van der Waals surface area (Å²) in [7, 11) is 0. The Morgan fingerprint density at radius 2 is 2.05 bits per heavy atom. The zero-order valence-electron chi connectivity index (χ0n) is 10.8. The van der Waals surface area contributed by atoms with Crippen LogP contribution in [0, 0.1) is 0 Å². The Labute approximate surface area is 129 Å². The maximum atomic E-state index is 11.5. The van der Waals surface area contributed by atoms with Gasteiger partial charge in [-0.2, -0.15) is 0 Å². The highest BCUT2D eigenvalue weighted by atomic mass is 35.5. The molecule has 0 aliphatic carbocycles. The monoisotopic (exact) mass is 318 g/mol. The van der Waals surface area contributed by atoms with Gasteiger partial charge in [0.2, 0.25) is 0 Å². The number of rotatable bonds is 3. The fourth-order valence-electron chi connectivity index (χ4n) is 1.94. The lowest BCUT2D eigenvalue weighted by Gasteiger charge is -2.08. The predicted molar refractivity (Wildman–Crippen MR) is 87.3 cm³/mol. The van der Waals surface area contributed by atoms with E-state index in [-0.39, 0.29) is 0 Å². The summed E-state index contributed by atoms with van der Waals surface area (Å²) in [4.78, 5) is 15.9. The number of anilines is 3. The molecule has 1 heterocycles. The number of primary amides is 1. The quantitative estimate of drug-likeness (QED) is 0.645. The number of nitrogens with two attached hydrogens (primary N) is 2. The van der Waals surface area contributed by atoms with Crippen molar-refractivity contribution < 1.29 is 4.79 Å². The van der Waals surface area contributed by atoms with E-state index in [1.807, 2.05) is 12.1 Å². The molecule has 0 bridgehead atoms. The van der Waals surface area contributed by atoms with Gasteiger partial charge in [-0.1, -0.05) is 22.9 Å². The number of amides is 1. The molecule has 1 amide bonds. The zero-order valence-corrected chi connectivity index (χ0v) is 12.3. The average Bonchev–Trinajstić information content (AvgIpc) is 2.82. The Kier molecular flexibility index (Phi) is 3.40. The first kappa shape index (κ1) is 13.7. The lowest BCUT2D eigenvalue weighted by molar-refractivity contribution is 0.100. The van der Waals surface area contributed by atoms with Crippen LogP contribution in [0.4, 0.5) is 16.5 Å². The molecule has 1 aromatic heterocycles. The molecule has 2 aromatic carbocycles. The summed E-state index contributed by atoms with van der Waals surface area (Å²) in [6.07, 6.45) is 0. The van der Waals surface area contributed by atoms with Crippen molar-refractivity contribution in [3.63, 3.8) is 0 Å². The number of hydrogen-bond donors (Lipinski definition) is 3. The van der Waals surface area contributed by atoms with Gasteiger partial charge in [0, 0.05) is 10.7 Å². The van der Waals surface area contributed by atoms with E-state index < -0.39 is 5.91 Å². The highest BCUT2D eigenvalue weighted by molar-refractivity contribution is 7.22. The molecule has 0 atom stereocenters. The molecule has 3 aromatic rings. The summed E-state index contributed by atoms with van der Waals surface area (Å²) in [5.74, 6) is -0.547. The van der Waals surface area contributed by atoms with Gasteiger partial charge in [-0.25, -0.2) is 4.98 Å². The van der Waals surface area contributed by atoms with E-state index in [0.717, 1.165) is 10.2 Å². The van der Waals surface area contributed by atoms with Gasteiger partial charge in [-0.15, -0.1) is 0 Å². The van der Waals surface area contributed by atoms with Crippen LogP contribution in [-0.4, -0.2) is 10.9 Å². The zero-order chi connectivity index (χ0) is 15.0. The van der Waals surface area contributed by atoms with Gasteiger partial charge < -0.3 is 16.8 Å². The number of aromatic nitrogens is 1. The third kappa shape index (κ3) is 2.76. The van der Waals surface area contributed by atoms with Crippen molar-refractivity contribution in [2.75, 3.05) is 11.1 Å². The molecule has 7 heteroatoms. The van der Waals surface area contributed by atoms with Gasteiger partial charge in [0.25, 0.3) is 5.91 Å². The minimum absolute atomic E-state index is 0.326. The molecule has 0 aliphatic heterocycles. The van der Waals surface area contributed by atoms with Gasteiger partial charge in [-0.05, 0) is 36.4 Å². The van der Waals surface area contributed by atoms with Crippen molar-refractivity contribution >= 4 is 55.6 Å². The van der Waals surface area contributed by atoms with Crippen LogP contribution in [0.3, 0.4) is 0 Å². The largest absolute Gasteiger partial charge is 0.399 e. The van der Waals surface area contributed by atoms with Crippen LogP contribution >= 0.6 is 22.9 Å². The second-order valence-electron chi connectivity index (χ2n) is 4.43. The third-order valence-electron chi connectivity index (χ3n) is 2.90. The van der Waals surface area contributed by atoms with Crippen molar-refractivity contribution in [3.05, 3.63) is 47.0 Å². The fraction of sp³-hybridized carbons (Fsp3) is 0. The van der Waals surface area contributed by atoms with Crippen molar-refractivity contribution in [2.24, 2.45) is 5.73 Å². The Balaban J connectivity index is 2.00. The molecule has 21 heavy (non-hydrogen) atoms. The number of carbonyl (C=O) groups is 1. The van der Waals surface area contributed by atoms with Gasteiger partial charge in [0.1, 0.15) is 0 Å². The van der Waals surface area contributed by atoms with E-state index in [1.54, 1.807) is 18.2 Å². The number of hydrogen-bond acceptors (Lipinski definition) is 5. The maximum absolute atomic E-state index is 11.5. The summed E-state index contributed by atoms with van der Waals surface area (Å²) in [5.41, 5.74) is 13.2. The van der Waals surface area contributed by atoms with Crippen LogP contribution < -0.4 is 16.8 Å². The minimum atomic E-state index is -0.547. The molecule has 0 unspecified atom stereocenters. The van der Waals surface area contributed by atoms with Gasteiger partial charge in [-0.3, -0.25) is 4.79 Å². The molecule has 3 rings (SSSR count). The molecule has 5 nitrogen and oxygen atoms in total. The van der Waals surface area contributed by atoms with Crippen LogP contribution in [0.25, 0.3) is 10.2 Å². The van der Waals surface area contributed by atoms with Crippen molar-refractivity contribution in [2.45, 2.75) is 0 Å². The minimum Gasteiger partial charge on any atom is -0.399 e. The number of nitrogens with one attached hydrogen (secondary N) is 1. The molecule has 0 radical (unpaired) electrons. The summed E-state index contributed by atoms with van der Waals surface area (Å²) < 4.78 is 0.959. The first-order chi connectivity index (χ1) is 10.0. The van der Waals surface area contributed by atoms with Crippen LogP contribution in [-0.2, 0) is 0 Å². The van der Waals surface area contributed by atoms with Crippen molar-refractivity contribution in [1.82, 2.24) is 4.98 Å². The van der Waals surface area contributed by atoms with Crippen LogP contribution in [0.2, 0.25) is 5.02 Å². The Bertz CT molecular complexity index is 846. The fourth-order valence-corrected chi connectivity index (χ4v) is 3.10. The van der Waals surface area contributed by atoms with E-state index in [1.165, 1.54) is 17.4 Å². The molecular weight excluding hydrogens is 308 g/mol. The van der Waals surface area contributed by atoms with Gasteiger partial charge in [0.05, 0.1) is 21.5 Å². The Morgan fingerprint density at radius 1 is 1.24 bits per heavy atom. The highest BCUT2D eigenvalue weighted by Crippen LogP contribution is 2.31. The van der Waals surface area contributed by atoms with Crippen LogP contribution in [0.15, 0.2) is 36.4 Å². The number of nitrogens with zero attached hydrogens (tertiary/aromatic N) is 1. The summed E-state index contributed by atoms with van der Waals surface area (Å²) in [6, 6.07) is 10.4. The lowest BCUT2D eigenvalue weighted by atomic mass is 10.1. The van der Waals surface area contributed by atoms with E-state index >= 15 is 0 Å². The second-order valence-corrected chi connectivity index (χ2v) is 5.89. The van der Waals surface area contributed by atoms with E-state index in [0.29, 0.717) is 27.1 Å². The van der Waals surface area contributed by atoms with E-state index in [9.17, 15) is 4.79 Å². The van der Waals surface area contributed by atoms with Crippen molar-refractivity contribution in [3.8, 4) is 0 Å².